The van der Waals surface area contributed by atoms with E-state index in [1.807, 2.05) is 31.2 Å². The molecule has 1 N–H and O–H groups in total. The zero-order valence-corrected chi connectivity index (χ0v) is 15.0. The lowest BCUT2D eigenvalue weighted by Crippen LogP contribution is -2.37. The van der Waals surface area contributed by atoms with Crippen LogP contribution in [0, 0.1) is 6.92 Å². The first-order valence-corrected chi connectivity index (χ1v) is 8.57. The fourth-order valence-electron chi connectivity index (χ4n) is 2.94. The normalized spacial score (nSPS) is 16.4. The third-order valence-corrected chi connectivity index (χ3v) is 4.54. The standard InChI is InChI=1S/C18H25N5O2/c1-13-20-21-17-9-8-15(11-23(13)17)19-10-14-6-4-5-7-16(14)25-12-18(24)22(2)3/h4-7,15,19H,8-12H2,1-3H3. The van der Waals surface area contributed by atoms with Crippen LogP contribution in [0.4, 0.5) is 0 Å². The Kier molecular flexibility index (Phi) is 5.33. The van der Waals surface area contributed by atoms with E-state index >= 15 is 0 Å². The number of nitrogens with zero attached hydrogens (tertiary/aromatic N) is 4. The first kappa shape index (κ1) is 17.4. The fraction of sp³-hybridized carbons (Fsp3) is 0.500. The summed E-state index contributed by atoms with van der Waals surface area (Å²) in [6.07, 6.45) is 1.98. The van der Waals surface area contributed by atoms with Gasteiger partial charge in [0, 0.05) is 45.2 Å². The molecule has 2 aromatic rings. The number of carbonyl (C=O) groups is 1. The molecule has 134 valence electrons. The van der Waals surface area contributed by atoms with E-state index in [9.17, 15) is 4.79 Å². The minimum atomic E-state index is -0.0503. The molecule has 1 aromatic heterocycles. The maximum Gasteiger partial charge on any atom is 0.259 e. The molecule has 0 saturated carbocycles. The van der Waals surface area contributed by atoms with Gasteiger partial charge in [-0.1, -0.05) is 18.2 Å². The van der Waals surface area contributed by atoms with E-state index in [0.717, 1.165) is 42.3 Å². The van der Waals surface area contributed by atoms with E-state index in [1.165, 1.54) is 4.90 Å². The van der Waals surface area contributed by atoms with Crippen LogP contribution >= 0.6 is 0 Å². The van der Waals surface area contributed by atoms with Gasteiger partial charge in [-0.3, -0.25) is 4.79 Å². The first-order valence-electron chi connectivity index (χ1n) is 8.57. The topological polar surface area (TPSA) is 72.3 Å². The Balaban J connectivity index is 1.58. The number of nitrogens with one attached hydrogen (secondary N) is 1. The van der Waals surface area contributed by atoms with Crippen molar-refractivity contribution >= 4 is 5.91 Å². The van der Waals surface area contributed by atoms with Crippen molar-refractivity contribution in [1.29, 1.82) is 0 Å². The Labute approximate surface area is 148 Å². The van der Waals surface area contributed by atoms with Gasteiger partial charge in [-0.25, -0.2) is 0 Å². The maximum atomic E-state index is 11.7. The van der Waals surface area contributed by atoms with Gasteiger partial charge in [0.1, 0.15) is 17.4 Å². The molecule has 2 heterocycles. The van der Waals surface area contributed by atoms with Gasteiger partial charge >= 0.3 is 0 Å². The SMILES string of the molecule is Cc1nnc2n1CC(NCc1ccccc1OCC(=O)N(C)C)CC2. The number of para-hydroxylation sites is 1. The number of carbonyl (C=O) groups excluding carboxylic acids is 1. The number of benzene rings is 1. The zero-order valence-electron chi connectivity index (χ0n) is 15.0. The van der Waals surface area contributed by atoms with Gasteiger partial charge < -0.3 is 19.5 Å². The van der Waals surface area contributed by atoms with Crippen molar-refractivity contribution in [3.05, 3.63) is 41.5 Å². The molecule has 7 nitrogen and oxygen atoms in total. The largest absolute Gasteiger partial charge is 0.483 e. The van der Waals surface area contributed by atoms with Crippen molar-refractivity contribution in [2.24, 2.45) is 0 Å². The van der Waals surface area contributed by atoms with Crippen molar-refractivity contribution < 1.29 is 9.53 Å². The molecule has 0 fully saturated rings. The lowest BCUT2D eigenvalue weighted by molar-refractivity contribution is -0.130. The average Bonchev–Trinajstić information content (AvgIpc) is 2.99. The summed E-state index contributed by atoms with van der Waals surface area (Å²) in [6, 6.07) is 8.22. The number of amides is 1. The molecule has 0 bridgehead atoms. The van der Waals surface area contributed by atoms with Gasteiger partial charge in [-0.15, -0.1) is 10.2 Å². The summed E-state index contributed by atoms with van der Waals surface area (Å²) < 4.78 is 7.89. The van der Waals surface area contributed by atoms with E-state index < -0.39 is 0 Å². The lowest BCUT2D eigenvalue weighted by atomic mass is 10.1. The number of hydrogen-bond donors (Lipinski definition) is 1. The van der Waals surface area contributed by atoms with Crippen LogP contribution in [0.5, 0.6) is 5.75 Å². The smallest absolute Gasteiger partial charge is 0.259 e. The van der Waals surface area contributed by atoms with Crippen LogP contribution in [0.25, 0.3) is 0 Å². The molecular formula is C18H25N5O2. The highest BCUT2D eigenvalue weighted by atomic mass is 16.5. The summed E-state index contributed by atoms with van der Waals surface area (Å²) in [4.78, 5) is 13.3. The second-order valence-electron chi connectivity index (χ2n) is 6.58. The molecule has 1 aromatic carbocycles. The fourth-order valence-corrected chi connectivity index (χ4v) is 2.94. The van der Waals surface area contributed by atoms with Crippen LogP contribution in [0.3, 0.4) is 0 Å². The zero-order chi connectivity index (χ0) is 17.8. The minimum absolute atomic E-state index is 0.0503. The number of rotatable bonds is 6. The molecule has 0 spiro atoms. The Morgan fingerprint density at radius 2 is 2.16 bits per heavy atom. The summed E-state index contributed by atoms with van der Waals surface area (Å²) in [5.41, 5.74) is 1.06. The van der Waals surface area contributed by atoms with Crippen LogP contribution in [-0.2, 0) is 24.3 Å². The second-order valence-corrected chi connectivity index (χ2v) is 6.58. The van der Waals surface area contributed by atoms with Gasteiger partial charge in [0.05, 0.1) is 0 Å². The van der Waals surface area contributed by atoms with E-state index in [0.29, 0.717) is 12.6 Å². The highest BCUT2D eigenvalue weighted by Crippen LogP contribution is 2.20. The molecule has 0 radical (unpaired) electrons. The van der Waals surface area contributed by atoms with Gasteiger partial charge in [-0.05, 0) is 19.4 Å². The lowest BCUT2D eigenvalue weighted by Gasteiger charge is -2.25. The summed E-state index contributed by atoms with van der Waals surface area (Å²) in [5.74, 6) is 2.74. The van der Waals surface area contributed by atoms with Crippen LogP contribution < -0.4 is 10.1 Å². The summed E-state index contributed by atoms with van der Waals surface area (Å²) in [5, 5.41) is 12.0. The minimum Gasteiger partial charge on any atom is -0.483 e. The summed E-state index contributed by atoms with van der Waals surface area (Å²) in [6.45, 7) is 3.63. The van der Waals surface area contributed by atoms with E-state index in [4.69, 9.17) is 4.74 Å². The number of ether oxygens (including phenoxy) is 1. The van der Waals surface area contributed by atoms with Gasteiger partial charge in [-0.2, -0.15) is 0 Å². The third-order valence-electron chi connectivity index (χ3n) is 4.54. The molecule has 7 heteroatoms. The number of hydrogen-bond acceptors (Lipinski definition) is 5. The van der Waals surface area contributed by atoms with Gasteiger partial charge in [0.2, 0.25) is 0 Å². The van der Waals surface area contributed by atoms with Crippen molar-refractivity contribution in [2.75, 3.05) is 20.7 Å². The number of aromatic nitrogens is 3. The molecule has 0 saturated heterocycles. The second kappa shape index (κ2) is 7.65. The third kappa shape index (κ3) is 4.17. The summed E-state index contributed by atoms with van der Waals surface area (Å²) in [7, 11) is 3.45. The Morgan fingerprint density at radius 1 is 1.36 bits per heavy atom. The molecular weight excluding hydrogens is 318 g/mol. The quantitative estimate of drug-likeness (QED) is 0.852. The molecule has 1 aliphatic heterocycles. The van der Waals surface area contributed by atoms with Crippen LogP contribution in [0.2, 0.25) is 0 Å². The predicted octanol–water partition coefficient (Wildman–Crippen LogP) is 1.16. The van der Waals surface area contributed by atoms with Crippen LogP contribution in [0.1, 0.15) is 23.6 Å². The molecule has 1 unspecified atom stereocenters. The van der Waals surface area contributed by atoms with Crippen LogP contribution in [0.15, 0.2) is 24.3 Å². The predicted molar refractivity (Wildman–Crippen MR) is 94.3 cm³/mol. The van der Waals surface area contributed by atoms with Crippen molar-refractivity contribution in [1.82, 2.24) is 25.0 Å². The summed E-state index contributed by atoms with van der Waals surface area (Å²) >= 11 is 0. The number of aryl methyl sites for hydroxylation is 2. The van der Waals surface area contributed by atoms with Gasteiger partial charge in [0.15, 0.2) is 6.61 Å². The Morgan fingerprint density at radius 3 is 2.96 bits per heavy atom. The average molecular weight is 343 g/mol. The van der Waals surface area contributed by atoms with E-state index in [-0.39, 0.29) is 12.5 Å². The maximum absolute atomic E-state index is 11.7. The molecule has 1 atom stereocenters. The molecule has 0 aliphatic carbocycles. The molecule has 1 aliphatic rings. The van der Waals surface area contributed by atoms with Crippen molar-refractivity contribution in [2.45, 2.75) is 38.9 Å². The number of fused-ring (bicyclic) bond motifs is 1. The highest BCUT2D eigenvalue weighted by molar-refractivity contribution is 5.77. The van der Waals surface area contributed by atoms with E-state index in [1.54, 1.807) is 14.1 Å². The molecule has 3 rings (SSSR count). The van der Waals surface area contributed by atoms with Gasteiger partial charge in [0.25, 0.3) is 5.91 Å². The highest BCUT2D eigenvalue weighted by Gasteiger charge is 2.21. The number of likely N-dealkylation sites (N-methyl/N-ethyl adjacent to an activating group) is 1. The van der Waals surface area contributed by atoms with Crippen molar-refractivity contribution in [3.8, 4) is 5.75 Å². The first-order chi connectivity index (χ1) is 12.0. The van der Waals surface area contributed by atoms with Crippen LogP contribution in [-0.4, -0.2) is 52.3 Å². The Hall–Kier alpha value is -2.41. The van der Waals surface area contributed by atoms with E-state index in [2.05, 4.69) is 20.1 Å². The van der Waals surface area contributed by atoms with Crippen molar-refractivity contribution in [3.63, 3.8) is 0 Å². The monoisotopic (exact) mass is 343 g/mol. The molecule has 25 heavy (non-hydrogen) atoms. The Bertz CT molecular complexity index is 741. The molecule has 1 amide bonds.